The maximum absolute atomic E-state index is 12.8. The lowest BCUT2D eigenvalue weighted by molar-refractivity contribution is -0.137. The molecule has 84 valence electrons. The van der Waals surface area contributed by atoms with E-state index in [1.54, 1.807) is 11.4 Å². The highest BCUT2D eigenvalue weighted by Crippen LogP contribution is 2.38. The molecule has 0 aliphatic rings. The normalized spacial score (nSPS) is 11.8. The van der Waals surface area contributed by atoms with Crippen LogP contribution in [0.1, 0.15) is 11.1 Å². The molecule has 0 saturated carbocycles. The minimum atomic E-state index is -4.30. The summed E-state index contributed by atoms with van der Waals surface area (Å²) in [6, 6.07) is 5.67. The maximum Gasteiger partial charge on any atom is 0.417 e. The second kappa shape index (κ2) is 3.94. The van der Waals surface area contributed by atoms with Gasteiger partial charge in [0.05, 0.1) is 5.56 Å². The fourth-order valence-corrected chi connectivity index (χ4v) is 2.45. The highest BCUT2D eigenvalue weighted by Gasteiger charge is 2.33. The first-order chi connectivity index (χ1) is 7.50. The van der Waals surface area contributed by atoms with Gasteiger partial charge < -0.3 is 0 Å². The second-order valence-electron chi connectivity index (χ2n) is 3.51. The van der Waals surface area contributed by atoms with Crippen LogP contribution in [0.3, 0.4) is 0 Å². The topological polar surface area (TPSA) is 0 Å². The molecule has 0 amide bonds. The van der Waals surface area contributed by atoms with Crippen LogP contribution in [0.15, 0.2) is 35.0 Å². The van der Waals surface area contributed by atoms with Gasteiger partial charge in [0.25, 0.3) is 0 Å². The van der Waals surface area contributed by atoms with E-state index >= 15 is 0 Å². The van der Waals surface area contributed by atoms with Crippen LogP contribution in [0, 0.1) is 6.92 Å². The van der Waals surface area contributed by atoms with Crippen molar-refractivity contribution in [3.8, 4) is 11.1 Å². The lowest BCUT2D eigenvalue weighted by Crippen LogP contribution is -2.06. The van der Waals surface area contributed by atoms with Crippen molar-refractivity contribution >= 4 is 11.3 Å². The van der Waals surface area contributed by atoms with Gasteiger partial charge in [0, 0.05) is 0 Å². The van der Waals surface area contributed by atoms with Gasteiger partial charge in [-0.15, -0.1) is 0 Å². The SMILES string of the molecule is Cc1cscc1-c1ccccc1C(F)(F)F. The summed E-state index contributed by atoms with van der Waals surface area (Å²) in [6.45, 7) is 1.82. The van der Waals surface area contributed by atoms with E-state index in [0.29, 0.717) is 5.56 Å². The first-order valence-corrected chi connectivity index (χ1v) is 5.64. The van der Waals surface area contributed by atoms with E-state index in [2.05, 4.69) is 0 Å². The fourth-order valence-electron chi connectivity index (χ4n) is 1.60. The molecule has 4 heteroatoms. The molecule has 0 spiro atoms. The Kier molecular flexibility index (Phi) is 2.76. The largest absolute Gasteiger partial charge is 0.417 e. The summed E-state index contributed by atoms with van der Waals surface area (Å²) in [4.78, 5) is 0. The van der Waals surface area contributed by atoms with Crippen molar-refractivity contribution in [1.29, 1.82) is 0 Å². The molecule has 0 fully saturated rings. The van der Waals surface area contributed by atoms with Crippen LogP contribution in [0.4, 0.5) is 13.2 Å². The third kappa shape index (κ3) is 1.97. The van der Waals surface area contributed by atoms with E-state index in [1.165, 1.54) is 23.5 Å². The quantitative estimate of drug-likeness (QED) is 0.677. The Labute approximate surface area is 95.4 Å². The molecule has 1 aromatic carbocycles. The van der Waals surface area contributed by atoms with Gasteiger partial charge in [-0.1, -0.05) is 18.2 Å². The van der Waals surface area contributed by atoms with E-state index in [0.717, 1.165) is 11.6 Å². The number of thiophene rings is 1. The summed E-state index contributed by atoms with van der Waals surface area (Å²) in [7, 11) is 0. The van der Waals surface area contributed by atoms with E-state index in [9.17, 15) is 13.2 Å². The number of rotatable bonds is 1. The highest BCUT2D eigenvalue weighted by molar-refractivity contribution is 7.08. The Bertz CT molecular complexity index is 497. The van der Waals surface area contributed by atoms with Gasteiger partial charge >= 0.3 is 6.18 Å². The molecule has 1 aromatic heterocycles. The third-order valence-corrected chi connectivity index (χ3v) is 3.24. The number of benzene rings is 1. The average Bonchev–Trinajstić information content (AvgIpc) is 2.63. The van der Waals surface area contributed by atoms with Crippen LogP contribution in [0.5, 0.6) is 0 Å². The molecule has 0 saturated heterocycles. The van der Waals surface area contributed by atoms with Gasteiger partial charge in [-0.25, -0.2) is 0 Å². The third-order valence-electron chi connectivity index (χ3n) is 2.38. The monoisotopic (exact) mass is 242 g/mol. The molecule has 0 atom stereocenters. The molecular weight excluding hydrogens is 233 g/mol. The van der Waals surface area contributed by atoms with Gasteiger partial charge in [0.15, 0.2) is 0 Å². The van der Waals surface area contributed by atoms with Crippen LogP contribution in [0.2, 0.25) is 0 Å². The number of halogens is 3. The van der Waals surface area contributed by atoms with Crippen LogP contribution in [-0.2, 0) is 6.18 Å². The highest BCUT2D eigenvalue weighted by atomic mass is 32.1. The molecule has 2 aromatic rings. The standard InChI is InChI=1S/C12H9F3S/c1-8-6-16-7-10(8)9-4-2-3-5-11(9)12(13,14)15/h2-7H,1H3. The van der Waals surface area contributed by atoms with Gasteiger partial charge in [0.2, 0.25) is 0 Å². The van der Waals surface area contributed by atoms with Crippen molar-refractivity contribution in [1.82, 2.24) is 0 Å². The molecule has 0 unspecified atom stereocenters. The summed E-state index contributed by atoms with van der Waals surface area (Å²) in [5, 5.41) is 3.60. The van der Waals surface area contributed by atoms with Crippen molar-refractivity contribution in [2.24, 2.45) is 0 Å². The molecule has 0 aliphatic carbocycles. The van der Waals surface area contributed by atoms with Gasteiger partial charge in [-0.3, -0.25) is 0 Å². The molecule has 1 heterocycles. The molecule has 0 aliphatic heterocycles. The lowest BCUT2D eigenvalue weighted by Gasteiger charge is -2.12. The zero-order chi connectivity index (χ0) is 11.8. The van der Waals surface area contributed by atoms with E-state index in [-0.39, 0.29) is 5.56 Å². The number of hydrogen-bond acceptors (Lipinski definition) is 1. The maximum atomic E-state index is 12.8. The van der Waals surface area contributed by atoms with Crippen molar-refractivity contribution in [2.45, 2.75) is 13.1 Å². The van der Waals surface area contributed by atoms with Crippen molar-refractivity contribution in [2.75, 3.05) is 0 Å². The predicted molar refractivity (Wildman–Crippen MR) is 59.5 cm³/mol. The van der Waals surface area contributed by atoms with E-state index in [1.807, 2.05) is 12.3 Å². The summed E-state index contributed by atoms with van der Waals surface area (Å²) >= 11 is 1.41. The molecule has 0 radical (unpaired) electrons. The first-order valence-electron chi connectivity index (χ1n) is 4.69. The molecule has 0 nitrogen and oxygen atoms in total. The van der Waals surface area contributed by atoms with Crippen LogP contribution in [0.25, 0.3) is 11.1 Å². The Hall–Kier alpha value is -1.29. The molecule has 2 rings (SSSR count). The van der Waals surface area contributed by atoms with E-state index in [4.69, 9.17) is 0 Å². The Morgan fingerprint density at radius 2 is 1.69 bits per heavy atom. The minimum Gasteiger partial charge on any atom is -0.166 e. The number of hydrogen-bond donors (Lipinski definition) is 0. The summed E-state index contributed by atoms with van der Waals surface area (Å²) in [6.07, 6.45) is -4.30. The molecular formula is C12H9F3S. The van der Waals surface area contributed by atoms with Crippen molar-refractivity contribution < 1.29 is 13.2 Å². The number of aryl methyl sites for hydroxylation is 1. The van der Waals surface area contributed by atoms with Gasteiger partial charge in [-0.05, 0) is 40.4 Å². The smallest absolute Gasteiger partial charge is 0.166 e. The fraction of sp³-hybridized carbons (Fsp3) is 0.167. The molecule has 0 N–H and O–H groups in total. The minimum absolute atomic E-state index is 0.258. The molecule has 16 heavy (non-hydrogen) atoms. The zero-order valence-electron chi connectivity index (χ0n) is 8.51. The van der Waals surface area contributed by atoms with Crippen LogP contribution in [-0.4, -0.2) is 0 Å². The van der Waals surface area contributed by atoms with Crippen molar-refractivity contribution in [3.63, 3.8) is 0 Å². The van der Waals surface area contributed by atoms with Crippen LogP contribution >= 0.6 is 11.3 Å². The average molecular weight is 242 g/mol. The predicted octanol–water partition coefficient (Wildman–Crippen LogP) is 4.74. The molecule has 0 bridgehead atoms. The van der Waals surface area contributed by atoms with Crippen molar-refractivity contribution in [3.05, 3.63) is 46.2 Å². The van der Waals surface area contributed by atoms with Gasteiger partial charge in [-0.2, -0.15) is 24.5 Å². The van der Waals surface area contributed by atoms with Crippen LogP contribution < -0.4 is 0 Å². The van der Waals surface area contributed by atoms with Gasteiger partial charge in [0.1, 0.15) is 0 Å². The Morgan fingerprint density at radius 3 is 2.25 bits per heavy atom. The lowest BCUT2D eigenvalue weighted by atomic mass is 9.99. The number of alkyl halides is 3. The first kappa shape index (κ1) is 11.2. The second-order valence-corrected chi connectivity index (χ2v) is 4.26. The zero-order valence-corrected chi connectivity index (χ0v) is 9.32. The van der Waals surface area contributed by atoms with E-state index < -0.39 is 11.7 Å². The summed E-state index contributed by atoms with van der Waals surface area (Å²) in [5.41, 5.74) is 1.23. The Morgan fingerprint density at radius 1 is 1.00 bits per heavy atom. The Balaban J connectivity index is 2.62. The summed E-state index contributed by atoms with van der Waals surface area (Å²) in [5.74, 6) is 0. The summed E-state index contributed by atoms with van der Waals surface area (Å²) < 4.78 is 38.3.